The molecule has 1 fully saturated rings. The summed E-state index contributed by atoms with van der Waals surface area (Å²) in [5.41, 5.74) is -1.82. The van der Waals surface area contributed by atoms with Crippen molar-refractivity contribution in [1.29, 1.82) is 0 Å². The van der Waals surface area contributed by atoms with Crippen LogP contribution in [0.2, 0.25) is 0 Å². The highest BCUT2D eigenvalue weighted by Gasteiger charge is 2.51. The molecule has 0 spiro atoms. The molecule has 0 radical (unpaired) electrons. The second-order valence-electron chi connectivity index (χ2n) is 6.27. The van der Waals surface area contributed by atoms with Gasteiger partial charge in [0.2, 0.25) is 0 Å². The Morgan fingerprint density at radius 3 is 2.28 bits per heavy atom. The van der Waals surface area contributed by atoms with E-state index in [9.17, 15) is 28.4 Å². The van der Waals surface area contributed by atoms with Crippen LogP contribution in [-0.2, 0) is 39.9 Å². The third kappa shape index (κ3) is 5.50. The predicted octanol–water partition coefficient (Wildman–Crippen LogP) is -0.627. The number of rotatable bonds is 7. The molecule has 1 N–H and O–H groups in total. The van der Waals surface area contributed by atoms with E-state index in [1.807, 2.05) is 4.98 Å². The van der Waals surface area contributed by atoms with Crippen LogP contribution in [0.25, 0.3) is 0 Å². The SMILES string of the molecule is CC(=O)OC[C@H]1O[C@@H](c2cn(CCF)c(=O)[nH]c2=O)[C@H](OC(C)=O)[C@@H]1OC(C)=O. The van der Waals surface area contributed by atoms with Gasteiger partial charge >= 0.3 is 23.6 Å². The maximum absolute atomic E-state index is 12.7. The molecule has 0 bridgehead atoms. The lowest BCUT2D eigenvalue weighted by atomic mass is 10.0. The zero-order valence-electron chi connectivity index (χ0n) is 16.0. The van der Waals surface area contributed by atoms with Gasteiger partial charge in [-0.1, -0.05) is 0 Å². The standard InChI is InChI=1S/C17H21FN2O9/c1-8(21)26-7-12-14(27-9(2)22)15(28-10(3)23)13(29-12)11-6-20(5-4-18)17(25)19-16(11)24/h6,12-15H,4-5,7H2,1-3H3,(H,19,24,25)/t12-,13+,14-,15+/m1/s1. The first-order valence-corrected chi connectivity index (χ1v) is 8.67. The van der Waals surface area contributed by atoms with Gasteiger partial charge in [-0.15, -0.1) is 0 Å². The van der Waals surface area contributed by atoms with Crippen LogP contribution in [0.5, 0.6) is 0 Å². The Bertz CT molecular complexity index is 894. The van der Waals surface area contributed by atoms with Gasteiger partial charge in [-0.3, -0.25) is 28.7 Å². The average Bonchev–Trinajstić information content (AvgIpc) is 2.92. The summed E-state index contributed by atoms with van der Waals surface area (Å²) >= 11 is 0. The molecule has 12 heteroatoms. The zero-order chi connectivity index (χ0) is 21.7. The van der Waals surface area contributed by atoms with E-state index in [4.69, 9.17) is 18.9 Å². The molecule has 0 amide bonds. The molecule has 11 nitrogen and oxygen atoms in total. The zero-order valence-corrected chi connectivity index (χ0v) is 16.0. The van der Waals surface area contributed by atoms with E-state index in [1.165, 1.54) is 0 Å². The molecule has 1 saturated heterocycles. The molecule has 2 heterocycles. The van der Waals surface area contributed by atoms with Crippen molar-refractivity contribution < 1.29 is 37.7 Å². The number of hydrogen-bond acceptors (Lipinski definition) is 9. The number of alkyl halides is 1. The van der Waals surface area contributed by atoms with Gasteiger partial charge in [0.05, 0.1) is 12.1 Å². The minimum absolute atomic E-state index is 0.147. The molecule has 0 saturated carbocycles. The average molecular weight is 416 g/mol. The van der Waals surface area contributed by atoms with Gasteiger partial charge < -0.3 is 18.9 Å². The summed E-state index contributed by atoms with van der Waals surface area (Å²) in [7, 11) is 0. The summed E-state index contributed by atoms with van der Waals surface area (Å²) in [6, 6.07) is 0. The molecular formula is C17H21FN2O9. The summed E-state index contributed by atoms with van der Waals surface area (Å²) in [5.74, 6) is -2.10. The number of nitrogens with one attached hydrogen (secondary N) is 1. The number of nitrogens with zero attached hydrogens (tertiary/aromatic N) is 1. The number of carbonyl (C=O) groups is 3. The van der Waals surface area contributed by atoms with E-state index in [2.05, 4.69) is 0 Å². The number of H-pyrrole nitrogens is 1. The molecular weight excluding hydrogens is 395 g/mol. The number of halogens is 1. The van der Waals surface area contributed by atoms with Crippen molar-refractivity contribution in [2.45, 2.75) is 51.7 Å². The molecule has 160 valence electrons. The fraction of sp³-hybridized carbons (Fsp3) is 0.588. The van der Waals surface area contributed by atoms with E-state index in [0.717, 1.165) is 31.5 Å². The van der Waals surface area contributed by atoms with Crippen molar-refractivity contribution in [2.24, 2.45) is 0 Å². The van der Waals surface area contributed by atoms with E-state index in [1.54, 1.807) is 0 Å². The van der Waals surface area contributed by atoms with Crippen LogP contribution < -0.4 is 11.2 Å². The number of hydrogen-bond donors (Lipinski definition) is 1. The highest BCUT2D eigenvalue weighted by atomic mass is 19.1. The van der Waals surface area contributed by atoms with Gasteiger partial charge in [-0.05, 0) is 0 Å². The molecule has 0 unspecified atom stereocenters. The van der Waals surface area contributed by atoms with E-state index in [0.29, 0.717) is 0 Å². The molecule has 0 aliphatic carbocycles. The molecule has 1 aromatic heterocycles. The van der Waals surface area contributed by atoms with Crippen LogP contribution in [0.15, 0.2) is 15.8 Å². The highest BCUT2D eigenvalue weighted by Crippen LogP contribution is 2.36. The molecule has 1 aliphatic heterocycles. The smallest absolute Gasteiger partial charge is 0.328 e. The lowest BCUT2D eigenvalue weighted by molar-refractivity contribution is -0.165. The molecule has 29 heavy (non-hydrogen) atoms. The van der Waals surface area contributed by atoms with Crippen molar-refractivity contribution in [2.75, 3.05) is 13.3 Å². The Hall–Kier alpha value is -3.02. The van der Waals surface area contributed by atoms with Crippen LogP contribution in [-0.4, -0.2) is 59.1 Å². The third-order valence-electron chi connectivity index (χ3n) is 4.04. The first-order valence-electron chi connectivity index (χ1n) is 8.67. The number of aromatic amines is 1. The normalized spacial score (nSPS) is 23.4. The summed E-state index contributed by atoms with van der Waals surface area (Å²) in [6.07, 6.45) is -3.70. The van der Waals surface area contributed by atoms with Crippen LogP contribution in [0, 0.1) is 0 Å². The van der Waals surface area contributed by atoms with E-state index in [-0.39, 0.29) is 18.7 Å². The van der Waals surface area contributed by atoms with Gasteiger partial charge in [-0.2, -0.15) is 0 Å². The third-order valence-corrected chi connectivity index (χ3v) is 4.04. The summed E-state index contributed by atoms with van der Waals surface area (Å²) in [5, 5.41) is 0. The maximum Gasteiger partial charge on any atom is 0.328 e. The lowest BCUT2D eigenvalue weighted by Crippen LogP contribution is -2.41. The van der Waals surface area contributed by atoms with Gasteiger partial charge in [0.25, 0.3) is 5.56 Å². The number of aromatic nitrogens is 2. The minimum atomic E-state index is -1.27. The largest absolute Gasteiger partial charge is 0.463 e. The number of esters is 3. The van der Waals surface area contributed by atoms with Crippen LogP contribution in [0.1, 0.15) is 32.4 Å². The number of carbonyl (C=O) groups excluding carboxylic acids is 3. The van der Waals surface area contributed by atoms with Crippen molar-refractivity contribution in [3.8, 4) is 0 Å². The molecule has 2 rings (SSSR count). The summed E-state index contributed by atoms with van der Waals surface area (Å²) < 4.78 is 34.6. The van der Waals surface area contributed by atoms with Gasteiger partial charge in [-0.25, -0.2) is 9.18 Å². The highest BCUT2D eigenvalue weighted by molar-refractivity contribution is 5.68. The lowest BCUT2D eigenvalue weighted by Gasteiger charge is -2.23. The predicted molar refractivity (Wildman–Crippen MR) is 92.7 cm³/mol. The van der Waals surface area contributed by atoms with E-state index < -0.39 is 60.2 Å². The fourth-order valence-electron chi connectivity index (χ4n) is 2.95. The monoisotopic (exact) mass is 416 g/mol. The van der Waals surface area contributed by atoms with Crippen molar-refractivity contribution in [3.63, 3.8) is 0 Å². The molecule has 1 aliphatic rings. The minimum Gasteiger partial charge on any atom is -0.463 e. The maximum atomic E-state index is 12.7. The van der Waals surface area contributed by atoms with Crippen LogP contribution in [0.3, 0.4) is 0 Å². The van der Waals surface area contributed by atoms with Gasteiger partial charge in [0, 0.05) is 27.0 Å². The van der Waals surface area contributed by atoms with Crippen molar-refractivity contribution >= 4 is 17.9 Å². The summed E-state index contributed by atoms with van der Waals surface area (Å²) in [4.78, 5) is 60.4. The number of aryl methyl sites for hydroxylation is 1. The Morgan fingerprint density at radius 1 is 1.10 bits per heavy atom. The second-order valence-corrected chi connectivity index (χ2v) is 6.27. The Labute approximate surface area is 163 Å². The van der Waals surface area contributed by atoms with Gasteiger partial charge in [0.15, 0.2) is 12.2 Å². The Balaban J connectivity index is 2.49. The van der Waals surface area contributed by atoms with Crippen molar-refractivity contribution in [1.82, 2.24) is 9.55 Å². The van der Waals surface area contributed by atoms with E-state index >= 15 is 0 Å². The molecule has 0 aromatic carbocycles. The fourth-order valence-corrected chi connectivity index (χ4v) is 2.95. The second kappa shape index (κ2) is 9.45. The van der Waals surface area contributed by atoms with Crippen molar-refractivity contribution in [3.05, 3.63) is 32.6 Å². The Kier molecular flexibility index (Phi) is 7.26. The summed E-state index contributed by atoms with van der Waals surface area (Å²) in [6.45, 7) is 1.86. The first kappa shape index (κ1) is 22.3. The quantitative estimate of drug-likeness (QED) is 0.454. The number of ether oxygens (including phenoxy) is 4. The Morgan fingerprint density at radius 2 is 1.72 bits per heavy atom. The molecule has 1 aromatic rings. The van der Waals surface area contributed by atoms with Crippen LogP contribution >= 0.6 is 0 Å². The molecule has 4 atom stereocenters. The van der Waals surface area contributed by atoms with Crippen LogP contribution in [0.4, 0.5) is 4.39 Å². The van der Waals surface area contributed by atoms with Gasteiger partial charge in [0.1, 0.15) is 25.5 Å². The first-order chi connectivity index (χ1) is 13.6. The topological polar surface area (TPSA) is 143 Å².